The van der Waals surface area contributed by atoms with Gasteiger partial charge >= 0.3 is 0 Å². The topological polar surface area (TPSA) is 81.4 Å². The van der Waals surface area contributed by atoms with Crippen molar-refractivity contribution in [1.82, 2.24) is 0 Å². The Hall–Kier alpha value is -2.54. The van der Waals surface area contributed by atoms with Crippen LogP contribution in [0.3, 0.4) is 0 Å². The van der Waals surface area contributed by atoms with Gasteiger partial charge in [0.2, 0.25) is 0 Å². The number of ether oxygens (including phenoxy) is 1. The average molecular weight is 457 g/mol. The van der Waals surface area contributed by atoms with Crippen LogP contribution >= 0.6 is 11.6 Å². The molecule has 1 aliphatic rings. The first-order valence-electron chi connectivity index (χ1n) is 10.1. The number of rotatable bonds is 6. The molecule has 0 aromatic heterocycles. The van der Waals surface area contributed by atoms with Gasteiger partial charge in [0.05, 0.1) is 17.7 Å². The van der Waals surface area contributed by atoms with Gasteiger partial charge in [-0.15, -0.1) is 11.6 Å². The van der Waals surface area contributed by atoms with E-state index in [0.29, 0.717) is 30.0 Å². The van der Waals surface area contributed by atoms with Gasteiger partial charge in [-0.2, -0.15) is 0 Å². The molecule has 3 aromatic rings. The van der Waals surface area contributed by atoms with Gasteiger partial charge in [0.1, 0.15) is 5.75 Å². The molecule has 0 fully saturated rings. The number of halogens is 1. The van der Waals surface area contributed by atoms with E-state index in [2.05, 4.69) is 4.72 Å². The summed E-state index contributed by atoms with van der Waals surface area (Å²) >= 11 is 5.89. The Balaban J connectivity index is 1.73. The Morgan fingerprint density at radius 2 is 1.81 bits per heavy atom. The quantitative estimate of drug-likeness (QED) is 0.526. The molecule has 0 saturated carbocycles. The Morgan fingerprint density at radius 3 is 2.52 bits per heavy atom. The molecular formula is C24H25ClN2O3S. The number of anilines is 1. The van der Waals surface area contributed by atoms with Gasteiger partial charge in [-0.1, -0.05) is 42.5 Å². The summed E-state index contributed by atoms with van der Waals surface area (Å²) in [6, 6.07) is 18.2. The summed E-state index contributed by atoms with van der Waals surface area (Å²) in [5.74, 6) is 1.15. The molecular weight excluding hydrogens is 432 g/mol. The van der Waals surface area contributed by atoms with E-state index in [4.69, 9.17) is 22.1 Å². The van der Waals surface area contributed by atoms with Crippen LogP contribution in [0, 0.1) is 0 Å². The average Bonchev–Trinajstić information content (AvgIpc) is 2.79. The lowest BCUT2D eigenvalue weighted by Gasteiger charge is -2.26. The SMILES string of the molecule is COc1ccc(NS(=O)(=O)c2ccccc2-c2ccc(CCl)cc2)c2c1CC(N)CC2. The summed E-state index contributed by atoms with van der Waals surface area (Å²) in [5.41, 5.74) is 11.1. The lowest BCUT2D eigenvalue weighted by molar-refractivity contribution is 0.403. The number of hydrogen-bond acceptors (Lipinski definition) is 4. The second kappa shape index (κ2) is 8.91. The van der Waals surface area contributed by atoms with Crippen LogP contribution in [0.1, 0.15) is 23.1 Å². The molecule has 5 nitrogen and oxygen atoms in total. The van der Waals surface area contributed by atoms with E-state index in [-0.39, 0.29) is 10.9 Å². The Kier molecular flexibility index (Phi) is 6.23. The number of methoxy groups -OCH3 is 1. The molecule has 4 rings (SSSR count). The second-order valence-electron chi connectivity index (χ2n) is 7.71. The van der Waals surface area contributed by atoms with Crippen LogP contribution in [0.15, 0.2) is 65.6 Å². The van der Waals surface area contributed by atoms with E-state index in [1.54, 1.807) is 31.4 Å². The highest BCUT2D eigenvalue weighted by atomic mass is 35.5. The number of sulfonamides is 1. The molecule has 0 heterocycles. The molecule has 0 bridgehead atoms. The minimum absolute atomic E-state index is 0.0462. The van der Waals surface area contributed by atoms with E-state index in [0.717, 1.165) is 34.4 Å². The molecule has 3 aromatic carbocycles. The molecule has 0 radical (unpaired) electrons. The zero-order chi connectivity index (χ0) is 22.0. The molecule has 7 heteroatoms. The van der Waals surface area contributed by atoms with Crippen LogP contribution in [0.5, 0.6) is 5.75 Å². The monoisotopic (exact) mass is 456 g/mol. The summed E-state index contributed by atoms with van der Waals surface area (Å²) in [6.07, 6.45) is 2.17. The van der Waals surface area contributed by atoms with Gasteiger partial charge < -0.3 is 10.5 Å². The standard InChI is InChI=1S/C24H25ClN2O3S/c1-30-23-13-12-22(20-11-10-18(26)14-21(20)23)27-31(28,29)24-5-3-2-4-19(24)17-8-6-16(15-25)7-9-17/h2-9,12-13,18,27H,10-11,14-15,26H2,1H3. The molecule has 1 atom stereocenters. The van der Waals surface area contributed by atoms with Crippen molar-refractivity contribution in [2.24, 2.45) is 5.73 Å². The fraction of sp³-hybridized carbons (Fsp3) is 0.250. The zero-order valence-corrected chi connectivity index (χ0v) is 18.8. The van der Waals surface area contributed by atoms with Crippen molar-refractivity contribution in [2.75, 3.05) is 11.8 Å². The largest absolute Gasteiger partial charge is 0.496 e. The van der Waals surface area contributed by atoms with Crippen LogP contribution in [0.2, 0.25) is 0 Å². The first-order valence-corrected chi connectivity index (χ1v) is 12.2. The van der Waals surface area contributed by atoms with E-state index in [1.165, 1.54) is 0 Å². The third-order valence-corrected chi connectivity index (χ3v) is 7.41. The fourth-order valence-corrected chi connectivity index (χ4v) is 5.58. The van der Waals surface area contributed by atoms with Crippen LogP contribution in [-0.4, -0.2) is 21.6 Å². The van der Waals surface area contributed by atoms with Crippen molar-refractivity contribution in [3.8, 4) is 16.9 Å². The first kappa shape index (κ1) is 21.7. The van der Waals surface area contributed by atoms with Gasteiger partial charge in [-0.05, 0) is 54.2 Å². The highest BCUT2D eigenvalue weighted by molar-refractivity contribution is 7.92. The highest BCUT2D eigenvalue weighted by Gasteiger charge is 2.25. The predicted molar refractivity (Wildman–Crippen MR) is 125 cm³/mol. The van der Waals surface area contributed by atoms with Crippen molar-refractivity contribution in [2.45, 2.75) is 36.1 Å². The molecule has 0 amide bonds. The molecule has 0 aliphatic heterocycles. The summed E-state index contributed by atoms with van der Waals surface area (Å²) in [7, 11) is -2.21. The van der Waals surface area contributed by atoms with Crippen LogP contribution in [-0.2, 0) is 28.7 Å². The van der Waals surface area contributed by atoms with Crippen molar-refractivity contribution in [1.29, 1.82) is 0 Å². The Morgan fingerprint density at radius 1 is 1.06 bits per heavy atom. The molecule has 162 valence electrons. The van der Waals surface area contributed by atoms with E-state index in [1.807, 2.05) is 36.4 Å². The van der Waals surface area contributed by atoms with E-state index < -0.39 is 10.0 Å². The predicted octanol–water partition coefficient (Wildman–Crippen LogP) is 4.72. The Bertz CT molecular complexity index is 1190. The smallest absolute Gasteiger partial charge is 0.262 e. The van der Waals surface area contributed by atoms with Gasteiger partial charge in [-0.3, -0.25) is 4.72 Å². The van der Waals surface area contributed by atoms with Gasteiger partial charge in [0.25, 0.3) is 10.0 Å². The number of fused-ring (bicyclic) bond motifs is 1. The third kappa shape index (κ3) is 4.42. The van der Waals surface area contributed by atoms with E-state index >= 15 is 0 Å². The molecule has 31 heavy (non-hydrogen) atoms. The molecule has 0 spiro atoms. The Labute approximate surface area is 188 Å². The van der Waals surface area contributed by atoms with Crippen molar-refractivity contribution in [3.05, 3.63) is 77.4 Å². The van der Waals surface area contributed by atoms with Crippen molar-refractivity contribution in [3.63, 3.8) is 0 Å². The highest BCUT2D eigenvalue weighted by Crippen LogP contribution is 2.36. The van der Waals surface area contributed by atoms with Crippen molar-refractivity contribution >= 4 is 27.3 Å². The lowest BCUT2D eigenvalue weighted by Crippen LogP contribution is -2.29. The second-order valence-corrected chi connectivity index (χ2v) is 9.63. The molecule has 3 N–H and O–H groups in total. The molecule has 0 saturated heterocycles. The zero-order valence-electron chi connectivity index (χ0n) is 17.3. The number of hydrogen-bond donors (Lipinski definition) is 2. The molecule has 1 unspecified atom stereocenters. The number of nitrogens with two attached hydrogens (primary N) is 1. The van der Waals surface area contributed by atoms with Crippen molar-refractivity contribution < 1.29 is 13.2 Å². The van der Waals surface area contributed by atoms with Crippen LogP contribution in [0.25, 0.3) is 11.1 Å². The van der Waals surface area contributed by atoms with Crippen LogP contribution in [0.4, 0.5) is 5.69 Å². The number of alkyl halides is 1. The maximum Gasteiger partial charge on any atom is 0.262 e. The minimum atomic E-state index is -3.82. The lowest BCUT2D eigenvalue weighted by atomic mass is 9.87. The van der Waals surface area contributed by atoms with Gasteiger partial charge in [0.15, 0.2) is 0 Å². The first-order chi connectivity index (χ1) is 14.9. The number of benzene rings is 3. The summed E-state index contributed by atoms with van der Waals surface area (Å²) in [5, 5.41) is 0. The van der Waals surface area contributed by atoms with Gasteiger partial charge in [-0.25, -0.2) is 8.42 Å². The maximum absolute atomic E-state index is 13.4. The normalized spacial score (nSPS) is 15.9. The summed E-state index contributed by atoms with van der Waals surface area (Å²) < 4.78 is 35.2. The summed E-state index contributed by atoms with van der Waals surface area (Å²) in [6.45, 7) is 0. The maximum atomic E-state index is 13.4. The van der Waals surface area contributed by atoms with Crippen LogP contribution < -0.4 is 15.2 Å². The number of nitrogens with one attached hydrogen (secondary N) is 1. The third-order valence-electron chi connectivity index (χ3n) is 5.68. The summed E-state index contributed by atoms with van der Waals surface area (Å²) in [4.78, 5) is 0.228. The minimum Gasteiger partial charge on any atom is -0.496 e. The fourth-order valence-electron chi connectivity index (χ4n) is 4.07. The van der Waals surface area contributed by atoms with E-state index in [9.17, 15) is 8.42 Å². The van der Waals surface area contributed by atoms with Gasteiger partial charge in [0, 0.05) is 23.0 Å². The molecule has 1 aliphatic carbocycles.